The van der Waals surface area contributed by atoms with Gasteiger partial charge in [0, 0.05) is 24.8 Å². The average Bonchev–Trinajstić information content (AvgIpc) is 2.76. The number of aromatic nitrogens is 4. The fourth-order valence-electron chi connectivity index (χ4n) is 2.33. The van der Waals surface area contributed by atoms with E-state index in [0.29, 0.717) is 23.0 Å². The van der Waals surface area contributed by atoms with Crippen molar-refractivity contribution in [3.05, 3.63) is 98.1 Å². The Morgan fingerprint density at radius 2 is 0.733 bits per heavy atom. The second-order valence-electron chi connectivity index (χ2n) is 5.66. The van der Waals surface area contributed by atoms with Gasteiger partial charge in [-0.1, -0.05) is 0 Å². The molecule has 30 heavy (non-hydrogen) atoms. The first kappa shape index (κ1) is 21.0. The van der Waals surface area contributed by atoms with Crippen molar-refractivity contribution in [2.75, 3.05) is 0 Å². The van der Waals surface area contributed by atoms with Gasteiger partial charge >= 0.3 is 9.05 Å². The maximum absolute atomic E-state index is 6.14. The van der Waals surface area contributed by atoms with E-state index < -0.39 is 9.05 Å². The molecule has 0 aliphatic rings. The summed E-state index contributed by atoms with van der Waals surface area (Å²) in [6.07, 6.45) is 12.8. The number of halogens is 1. The van der Waals surface area contributed by atoms with E-state index >= 15 is 0 Å². The normalized spacial score (nSPS) is 10.4. The summed E-state index contributed by atoms with van der Waals surface area (Å²) in [5, 5.41) is 0. The summed E-state index contributed by atoms with van der Waals surface area (Å²) in [5.41, 5.74) is 0. The highest BCUT2D eigenvalue weighted by Crippen LogP contribution is 2.25. The van der Waals surface area contributed by atoms with Crippen molar-refractivity contribution in [3.8, 4) is 23.0 Å². The van der Waals surface area contributed by atoms with Crippen molar-refractivity contribution in [3.63, 3.8) is 0 Å². The lowest BCUT2D eigenvalue weighted by molar-refractivity contribution is 0.160. The lowest BCUT2D eigenvalue weighted by Crippen LogP contribution is -2.60. The van der Waals surface area contributed by atoms with E-state index in [2.05, 4.69) is 19.9 Å². The molecule has 4 aromatic heterocycles. The second-order valence-corrected chi connectivity index (χ2v) is 7.48. The molecule has 4 aromatic rings. The molecular weight excluding hydrogens is 424 g/mol. The van der Waals surface area contributed by atoms with Crippen LogP contribution in [0.3, 0.4) is 0 Å². The van der Waals surface area contributed by atoms with Crippen molar-refractivity contribution in [1.29, 1.82) is 0 Å². The van der Waals surface area contributed by atoms with Gasteiger partial charge in [-0.3, -0.25) is 19.9 Å². The maximum Gasteiger partial charge on any atom is 0.967 e. The highest BCUT2D eigenvalue weighted by Gasteiger charge is 2.58. The number of rotatable bonds is 8. The lowest BCUT2D eigenvalue weighted by Gasteiger charge is -2.27. The van der Waals surface area contributed by atoms with Crippen LogP contribution in [0.2, 0.25) is 0 Å². The van der Waals surface area contributed by atoms with Crippen molar-refractivity contribution in [2.45, 2.75) is 0 Å². The zero-order valence-corrected chi connectivity index (χ0v) is 17.4. The summed E-state index contributed by atoms with van der Waals surface area (Å²) in [7, 11) is -3.92. The molecule has 0 unspecified atom stereocenters. The first-order valence-electron chi connectivity index (χ1n) is 8.67. The van der Waals surface area contributed by atoms with Gasteiger partial charge < -0.3 is 17.7 Å². The first-order valence-corrected chi connectivity index (χ1v) is 10.3. The van der Waals surface area contributed by atoms with Crippen LogP contribution in [0.25, 0.3) is 0 Å². The number of nitrogens with zero attached hydrogens (tertiary/aromatic N) is 4. The zero-order chi connectivity index (χ0) is 19.8. The van der Waals surface area contributed by atoms with Gasteiger partial charge in [-0.25, -0.2) is 0 Å². The molecule has 10 heteroatoms. The van der Waals surface area contributed by atoms with Crippen molar-refractivity contribution >= 4 is 21.5 Å². The minimum absolute atomic E-state index is 0. The van der Waals surface area contributed by atoms with Crippen LogP contribution in [0.4, 0.5) is 0 Å². The van der Waals surface area contributed by atoms with Crippen LogP contribution in [-0.2, 0) is 0 Å². The van der Waals surface area contributed by atoms with E-state index in [1.165, 1.54) is 0 Å². The molecule has 0 fully saturated rings. The van der Waals surface area contributed by atoms with Gasteiger partial charge in [0.25, 0.3) is 0 Å². The van der Waals surface area contributed by atoms with Crippen LogP contribution >= 0.6 is 12.4 Å². The van der Waals surface area contributed by atoms with E-state index in [1.807, 2.05) is 0 Å². The Balaban J connectivity index is 0.00000256. The molecule has 0 radical (unpaired) electrons. The largest absolute Gasteiger partial charge is 0.967 e. The second kappa shape index (κ2) is 10.2. The van der Waals surface area contributed by atoms with Gasteiger partial charge in [0.05, 0.1) is 24.8 Å². The molecule has 0 saturated heterocycles. The third-order valence-electron chi connectivity index (χ3n) is 3.51. The lowest BCUT2D eigenvalue weighted by atomic mass is 10.5. The Hall–Kier alpha value is -3.69. The summed E-state index contributed by atoms with van der Waals surface area (Å²) in [5.74, 6) is 1.71. The fourth-order valence-corrected chi connectivity index (χ4v) is 4.22. The summed E-state index contributed by atoms with van der Waals surface area (Å²) < 4.78 is 24.6. The molecule has 0 aliphatic heterocycles. The van der Waals surface area contributed by atoms with Crippen LogP contribution in [0.5, 0.6) is 23.0 Å². The molecule has 0 amide bonds. The molecule has 0 bridgehead atoms. The minimum Gasteiger partial charge on any atom is -0.451 e. The Bertz CT molecular complexity index is 846. The van der Waals surface area contributed by atoms with E-state index in [4.69, 9.17) is 17.7 Å². The summed E-state index contributed by atoms with van der Waals surface area (Å²) in [6.45, 7) is 0. The molecule has 0 atom stereocenters. The molecule has 4 heterocycles. The third kappa shape index (κ3) is 5.66. The average molecular weight is 441 g/mol. The predicted molar refractivity (Wildman–Crippen MR) is 112 cm³/mol. The van der Waals surface area contributed by atoms with Gasteiger partial charge in [0.1, 0.15) is 23.0 Å². The monoisotopic (exact) mass is 440 g/mol. The summed E-state index contributed by atoms with van der Waals surface area (Å²) in [4.78, 5) is 16.3. The minimum atomic E-state index is -3.92. The molecule has 0 aliphatic carbocycles. The van der Waals surface area contributed by atoms with Crippen molar-refractivity contribution < 1.29 is 17.7 Å². The van der Waals surface area contributed by atoms with Crippen LogP contribution in [-0.4, -0.2) is 29.0 Å². The third-order valence-corrected chi connectivity index (χ3v) is 5.45. The molecule has 152 valence electrons. The number of hydrogen-bond donors (Lipinski definition) is 0. The molecule has 0 spiro atoms. The summed E-state index contributed by atoms with van der Waals surface area (Å²) >= 11 is 0. The van der Waals surface area contributed by atoms with Gasteiger partial charge in [-0.2, -0.15) is 0 Å². The summed E-state index contributed by atoms with van der Waals surface area (Å²) in [6, 6.07) is 13.9. The zero-order valence-electron chi connectivity index (χ0n) is 15.6. The maximum atomic E-state index is 6.14. The highest BCUT2D eigenvalue weighted by atomic mass is 35.5. The Labute approximate surface area is 180 Å². The van der Waals surface area contributed by atoms with Gasteiger partial charge in [-0.15, -0.1) is 12.4 Å². The standard InChI is InChI=1S/C20H16N4O4Si.ClH/c1-5-17(13-21-9-1)25-29(26-18-6-2-10-22-14-18,27-19-7-3-11-23-15-19)28-20-8-4-12-24-16-20;/h1-16H;1H. The van der Waals surface area contributed by atoms with E-state index in [0.717, 1.165) is 0 Å². The van der Waals surface area contributed by atoms with Crippen molar-refractivity contribution in [2.24, 2.45) is 0 Å². The quantitative estimate of drug-likeness (QED) is 0.383. The van der Waals surface area contributed by atoms with E-state index in [1.54, 1.807) is 98.1 Å². The molecule has 4 rings (SSSR count). The van der Waals surface area contributed by atoms with E-state index in [-0.39, 0.29) is 12.4 Å². The molecule has 0 aromatic carbocycles. The van der Waals surface area contributed by atoms with Crippen LogP contribution < -0.4 is 17.7 Å². The van der Waals surface area contributed by atoms with Gasteiger partial charge in [0.15, 0.2) is 0 Å². The van der Waals surface area contributed by atoms with Crippen LogP contribution in [0, 0.1) is 0 Å². The molecule has 0 N–H and O–H groups in total. The number of pyridine rings is 4. The Morgan fingerprint density at radius 3 is 0.933 bits per heavy atom. The molecule has 0 saturated carbocycles. The first-order chi connectivity index (χ1) is 14.3. The van der Waals surface area contributed by atoms with E-state index in [9.17, 15) is 0 Å². The van der Waals surface area contributed by atoms with Gasteiger partial charge in [0.2, 0.25) is 0 Å². The predicted octanol–water partition coefficient (Wildman–Crippen LogP) is 3.74. The number of hydrogen-bond acceptors (Lipinski definition) is 8. The Morgan fingerprint density at radius 1 is 0.467 bits per heavy atom. The van der Waals surface area contributed by atoms with Crippen molar-refractivity contribution in [1.82, 2.24) is 19.9 Å². The van der Waals surface area contributed by atoms with Crippen LogP contribution in [0.1, 0.15) is 0 Å². The topological polar surface area (TPSA) is 88.5 Å². The van der Waals surface area contributed by atoms with Crippen LogP contribution in [0.15, 0.2) is 98.1 Å². The SMILES string of the molecule is Cl.c1cncc(O[Si](Oc2cccnc2)(Oc2cccnc2)Oc2cccnc2)c1. The molecular formula is C20H17ClN4O4Si. The molecule has 8 nitrogen and oxygen atoms in total. The van der Waals surface area contributed by atoms with Gasteiger partial charge in [-0.05, 0) is 48.5 Å². The highest BCUT2D eigenvalue weighted by molar-refractivity contribution is 6.57. The Kier molecular flexibility index (Phi) is 7.14. The smallest absolute Gasteiger partial charge is 0.451 e. The fraction of sp³-hybridized carbons (Fsp3) is 0.